The molecule has 0 aliphatic rings. The minimum absolute atomic E-state index is 1.35. The summed E-state index contributed by atoms with van der Waals surface area (Å²) < 4.78 is 0. The Bertz CT molecular complexity index is 437. The van der Waals surface area contributed by atoms with Gasteiger partial charge in [-0.15, -0.1) is 0 Å². The molecule has 0 saturated heterocycles. The fourth-order valence-corrected chi connectivity index (χ4v) is 13.5. The van der Waals surface area contributed by atoms with Gasteiger partial charge < -0.3 is 0 Å². The third kappa shape index (κ3) is 25.0. The summed E-state index contributed by atoms with van der Waals surface area (Å²) >= 11 is 8.12. The average molecular weight is 589 g/mol. The van der Waals surface area contributed by atoms with Crippen LogP contribution in [0.5, 0.6) is 0 Å². The van der Waals surface area contributed by atoms with Gasteiger partial charge in [0.2, 0.25) is 0 Å². The standard InChI is InChI=1S/C37H78ClP/c1-5-9-13-17-18-19-20-21-22-23-24-25-29-33-37-39(38,34-30-26-14-10-6-2,35-31-27-15-11-7-3)36-32-28-16-12-8-4/h5-37H2,1-4H3. The van der Waals surface area contributed by atoms with Gasteiger partial charge >= 0.3 is 230 Å². The van der Waals surface area contributed by atoms with Crippen molar-refractivity contribution in [3.05, 3.63) is 0 Å². The molecule has 0 N–H and O–H groups in total. The van der Waals surface area contributed by atoms with Crippen LogP contribution in [0, 0.1) is 0 Å². The Morgan fingerprint density at radius 3 is 0.590 bits per heavy atom. The van der Waals surface area contributed by atoms with E-state index in [2.05, 4.69) is 27.7 Å². The van der Waals surface area contributed by atoms with Crippen LogP contribution in [0.25, 0.3) is 0 Å². The van der Waals surface area contributed by atoms with Crippen LogP contribution in [0.1, 0.15) is 214 Å². The van der Waals surface area contributed by atoms with Crippen molar-refractivity contribution in [1.29, 1.82) is 0 Å². The zero-order chi connectivity index (χ0) is 28.8. The topological polar surface area (TPSA) is 0 Å². The Morgan fingerprint density at radius 1 is 0.256 bits per heavy atom. The molecule has 0 aliphatic carbocycles. The molecule has 0 heterocycles. The van der Waals surface area contributed by atoms with Crippen LogP contribution < -0.4 is 0 Å². The van der Waals surface area contributed by atoms with Gasteiger partial charge in [-0.25, -0.2) is 0 Å². The SMILES string of the molecule is CCCCCCCCCCCCCCCCP(Cl)(CCCCCCC)(CCCCCCC)CCCCCCC. The fourth-order valence-electron chi connectivity index (χ4n) is 6.70. The van der Waals surface area contributed by atoms with Crippen molar-refractivity contribution < 1.29 is 0 Å². The van der Waals surface area contributed by atoms with E-state index in [-0.39, 0.29) is 0 Å². The Morgan fingerprint density at radius 2 is 0.410 bits per heavy atom. The molecule has 0 aromatic rings. The maximum absolute atomic E-state index is 8.12. The Kier molecular flexibility index (Phi) is 29.4. The molecular formula is C37H78ClP. The molecule has 0 rings (SSSR count). The Balaban J connectivity index is 4.60. The normalized spacial score (nSPS) is 13.1. The fraction of sp³-hybridized carbons (Fsp3) is 1.00. The third-order valence-electron chi connectivity index (χ3n) is 9.53. The second kappa shape index (κ2) is 28.8. The van der Waals surface area contributed by atoms with Crippen molar-refractivity contribution in [3.63, 3.8) is 0 Å². The van der Waals surface area contributed by atoms with Crippen LogP contribution in [0.3, 0.4) is 0 Å². The summed E-state index contributed by atoms with van der Waals surface area (Å²) in [7, 11) is 0. The van der Waals surface area contributed by atoms with Crippen LogP contribution in [0.15, 0.2) is 0 Å². The van der Waals surface area contributed by atoms with E-state index in [1.807, 2.05) is 0 Å². The van der Waals surface area contributed by atoms with Gasteiger partial charge in [0.05, 0.1) is 0 Å². The quantitative estimate of drug-likeness (QED) is 0.0528. The van der Waals surface area contributed by atoms with Gasteiger partial charge in [-0.2, -0.15) is 0 Å². The zero-order valence-electron chi connectivity index (χ0n) is 28.2. The van der Waals surface area contributed by atoms with Crippen molar-refractivity contribution in [3.8, 4) is 0 Å². The van der Waals surface area contributed by atoms with Gasteiger partial charge in [0.25, 0.3) is 0 Å². The molecule has 0 unspecified atom stereocenters. The first-order chi connectivity index (χ1) is 19.0. The monoisotopic (exact) mass is 589 g/mol. The molecule has 0 saturated carbocycles. The van der Waals surface area contributed by atoms with Crippen LogP contribution >= 0.6 is 17.2 Å². The molecule has 0 radical (unpaired) electrons. The van der Waals surface area contributed by atoms with Crippen molar-refractivity contribution in [2.24, 2.45) is 0 Å². The summed E-state index contributed by atoms with van der Waals surface area (Å²) in [5, 5.41) is 0. The first-order valence-corrected chi connectivity index (χ1v) is 22.6. The van der Waals surface area contributed by atoms with Gasteiger partial charge in [0.1, 0.15) is 0 Å². The number of rotatable bonds is 33. The van der Waals surface area contributed by atoms with E-state index in [0.717, 1.165) is 0 Å². The van der Waals surface area contributed by atoms with Crippen LogP contribution in [0.4, 0.5) is 0 Å². The van der Waals surface area contributed by atoms with Crippen molar-refractivity contribution >= 4 is 17.2 Å². The van der Waals surface area contributed by atoms with Gasteiger partial charge in [0, 0.05) is 0 Å². The molecule has 0 bridgehead atoms. The molecule has 0 atom stereocenters. The molecule has 0 spiro atoms. The molecule has 0 aromatic heterocycles. The Labute approximate surface area is 255 Å². The Hall–Kier alpha value is 0.720. The summed E-state index contributed by atoms with van der Waals surface area (Å²) in [5.74, 6) is -2.10. The van der Waals surface area contributed by atoms with Gasteiger partial charge in [0.15, 0.2) is 0 Å². The number of hydrogen-bond acceptors (Lipinski definition) is 0. The van der Waals surface area contributed by atoms with E-state index in [0.29, 0.717) is 0 Å². The first-order valence-electron chi connectivity index (χ1n) is 18.8. The predicted octanol–water partition coefficient (Wildman–Crippen LogP) is 15.1. The van der Waals surface area contributed by atoms with Gasteiger partial charge in [-0.1, -0.05) is 26.2 Å². The van der Waals surface area contributed by atoms with E-state index in [1.165, 1.54) is 211 Å². The van der Waals surface area contributed by atoms with E-state index >= 15 is 0 Å². The molecule has 0 aromatic carbocycles. The second-order valence-electron chi connectivity index (χ2n) is 13.6. The summed E-state index contributed by atoms with van der Waals surface area (Å²) in [6.45, 7) is 9.32. The molecule has 0 fully saturated rings. The summed E-state index contributed by atoms with van der Waals surface area (Å²) in [6.07, 6.45) is 46.9. The second-order valence-corrected chi connectivity index (χ2v) is 21.8. The summed E-state index contributed by atoms with van der Waals surface area (Å²) in [4.78, 5) is 0. The van der Waals surface area contributed by atoms with Crippen molar-refractivity contribution in [2.75, 3.05) is 24.6 Å². The van der Waals surface area contributed by atoms with Crippen LogP contribution in [-0.4, -0.2) is 24.6 Å². The molecule has 0 aliphatic heterocycles. The summed E-state index contributed by atoms with van der Waals surface area (Å²) in [5.41, 5.74) is 0. The van der Waals surface area contributed by atoms with Gasteiger partial charge in [-0.05, 0) is 0 Å². The molecule has 0 nitrogen and oxygen atoms in total. The maximum atomic E-state index is 8.12. The number of halogens is 1. The average Bonchev–Trinajstić information content (AvgIpc) is 2.93. The molecule has 238 valence electrons. The van der Waals surface area contributed by atoms with Crippen molar-refractivity contribution in [2.45, 2.75) is 214 Å². The van der Waals surface area contributed by atoms with Gasteiger partial charge in [-0.3, -0.25) is 0 Å². The molecular weight excluding hydrogens is 511 g/mol. The summed E-state index contributed by atoms with van der Waals surface area (Å²) in [6, 6.07) is 0. The van der Waals surface area contributed by atoms with Crippen LogP contribution in [0.2, 0.25) is 0 Å². The predicted molar refractivity (Wildman–Crippen MR) is 189 cm³/mol. The minimum atomic E-state index is -2.10. The van der Waals surface area contributed by atoms with E-state index in [1.54, 1.807) is 0 Å². The molecule has 2 heteroatoms. The molecule has 39 heavy (non-hydrogen) atoms. The van der Waals surface area contributed by atoms with E-state index in [4.69, 9.17) is 11.2 Å². The molecule has 0 amide bonds. The third-order valence-corrected chi connectivity index (χ3v) is 17.3. The van der Waals surface area contributed by atoms with Crippen LogP contribution in [-0.2, 0) is 0 Å². The van der Waals surface area contributed by atoms with E-state index < -0.39 is 5.96 Å². The number of unbranched alkanes of at least 4 members (excludes halogenated alkanes) is 25. The first kappa shape index (κ1) is 39.7. The van der Waals surface area contributed by atoms with E-state index in [9.17, 15) is 0 Å². The zero-order valence-corrected chi connectivity index (χ0v) is 29.8. The number of hydrogen-bond donors (Lipinski definition) is 0. The van der Waals surface area contributed by atoms with Crippen molar-refractivity contribution in [1.82, 2.24) is 0 Å².